The van der Waals surface area contributed by atoms with Crippen LogP contribution in [0.5, 0.6) is 5.75 Å². The quantitative estimate of drug-likeness (QED) is 0.160. The summed E-state index contributed by atoms with van der Waals surface area (Å²) in [5.74, 6) is -1.88. The second kappa shape index (κ2) is 11.0. The molecule has 214 valence electrons. The molecule has 5 rings (SSSR count). The molecule has 2 aromatic heterocycles. The Kier molecular flexibility index (Phi) is 7.77. The third-order valence-corrected chi connectivity index (χ3v) is 9.27. The van der Waals surface area contributed by atoms with E-state index in [2.05, 4.69) is 10.2 Å². The van der Waals surface area contributed by atoms with Crippen LogP contribution in [-0.2, 0) is 12.6 Å². The Balaban J connectivity index is 1.80. The molecule has 3 heterocycles. The van der Waals surface area contributed by atoms with E-state index < -0.39 is 53.0 Å². The first-order chi connectivity index (χ1) is 19.5. The number of nitroso groups, excluding NO2 is 1. The highest BCUT2D eigenvalue weighted by molar-refractivity contribution is 7.99. The van der Waals surface area contributed by atoms with E-state index >= 15 is 4.39 Å². The van der Waals surface area contributed by atoms with Gasteiger partial charge in [-0.3, -0.25) is 9.36 Å². The summed E-state index contributed by atoms with van der Waals surface area (Å²) < 4.78 is 78.6. The Bertz CT molecular complexity index is 1720. The van der Waals surface area contributed by atoms with Gasteiger partial charge in [0.05, 0.1) is 29.3 Å². The zero-order valence-electron chi connectivity index (χ0n) is 21.9. The lowest BCUT2D eigenvalue weighted by molar-refractivity contribution is -0.138. The van der Waals surface area contributed by atoms with Crippen LogP contribution in [0.25, 0.3) is 11.1 Å². The Morgan fingerprint density at radius 3 is 2.51 bits per heavy atom. The van der Waals surface area contributed by atoms with Gasteiger partial charge in [-0.15, -0.1) is 28.0 Å². The van der Waals surface area contributed by atoms with Crippen LogP contribution in [0.15, 0.2) is 57.6 Å². The number of thioether (sulfide) groups is 1. The molecule has 0 N–H and O–H groups in total. The number of methoxy groups -OCH3 is 1. The number of aryl methyl sites for hydroxylation is 1. The van der Waals surface area contributed by atoms with E-state index in [4.69, 9.17) is 4.74 Å². The molecule has 0 spiro atoms. The van der Waals surface area contributed by atoms with Crippen LogP contribution in [0, 0.1) is 30.4 Å². The van der Waals surface area contributed by atoms with Gasteiger partial charge in [0.15, 0.2) is 17.6 Å². The number of alkyl halides is 3. The van der Waals surface area contributed by atoms with Gasteiger partial charge >= 0.3 is 6.18 Å². The predicted octanol–water partition coefficient (Wildman–Crippen LogP) is 7.64. The molecule has 0 amide bonds. The molecule has 4 aromatic rings. The van der Waals surface area contributed by atoms with E-state index in [0.717, 1.165) is 34.8 Å². The average Bonchev–Trinajstić information content (AvgIpc) is 3.55. The van der Waals surface area contributed by atoms with Crippen molar-refractivity contribution in [1.82, 2.24) is 9.55 Å². The van der Waals surface area contributed by atoms with Crippen molar-refractivity contribution in [2.75, 3.05) is 12.9 Å². The first kappa shape index (κ1) is 28.9. The van der Waals surface area contributed by atoms with Crippen molar-refractivity contribution in [3.63, 3.8) is 0 Å². The van der Waals surface area contributed by atoms with Crippen LogP contribution in [-0.4, -0.2) is 22.4 Å². The number of rotatable bonds is 7. The summed E-state index contributed by atoms with van der Waals surface area (Å²) in [7, 11) is 1.26. The fraction of sp³-hybridized carbons (Fsp3) is 0.286. The third kappa shape index (κ3) is 5.05. The van der Waals surface area contributed by atoms with Gasteiger partial charge in [-0.1, -0.05) is 23.4 Å². The van der Waals surface area contributed by atoms with Crippen molar-refractivity contribution in [2.24, 2.45) is 5.18 Å². The molecule has 1 aliphatic rings. The standard InChI is InChI=1S/C28H22F5N3O3S2/c1-13-11-34-25(41-13)24(35-38)20-12-40-27-16(10-17-18(28(31,32)33)7-5-8-19(17)29)14(2)22(26(37)36(20)27)15-6-4-9-21(39-3)23(15)30/h4-9,11,20,24H,10,12H2,1-3H3. The van der Waals surface area contributed by atoms with Crippen LogP contribution in [0.4, 0.5) is 22.0 Å². The van der Waals surface area contributed by atoms with Gasteiger partial charge in [-0.05, 0) is 43.2 Å². The highest BCUT2D eigenvalue weighted by Crippen LogP contribution is 2.46. The van der Waals surface area contributed by atoms with E-state index in [0.29, 0.717) is 5.01 Å². The minimum Gasteiger partial charge on any atom is -0.494 e. The molecule has 41 heavy (non-hydrogen) atoms. The van der Waals surface area contributed by atoms with Crippen LogP contribution in [0.3, 0.4) is 0 Å². The second-order valence-electron chi connectivity index (χ2n) is 9.46. The number of hydrogen-bond acceptors (Lipinski definition) is 7. The number of halogens is 5. The monoisotopic (exact) mass is 607 g/mol. The molecule has 0 radical (unpaired) electrons. The molecule has 13 heteroatoms. The molecule has 0 aliphatic carbocycles. The topological polar surface area (TPSA) is 73.6 Å². The van der Waals surface area contributed by atoms with Gasteiger partial charge in [-0.2, -0.15) is 13.2 Å². The summed E-state index contributed by atoms with van der Waals surface area (Å²) >= 11 is 2.38. The number of aromatic nitrogens is 2. The first-order valence-corrected chi connectivity index (χ1v) is 14.1. The lowest BCUT2D eigenvalue weighted by atomic mass is 9.92. The number of ether oxygens (including phenoxy) is 1. The Labute approximate surface area is 239 Å². The predicted molar refractivity (Wildman–Crippen MR) is 147 cm³/mol. The number of hydrogen-bond donors (Lipinski definition) is 0. The van der Waals surface area contributed by atoms with Crippen LogP contribution < -0.4 is 10.3 Å². The van der Waals surface area contributed by atoms with Gasteiger partial charge in [0.1, 0.15) is 10.8 Å². The van der Waals surface area contributed by atoms with Gasteiger partial charge in [0, 0.05) is 34.4 Å². The maximum atomic E-state index is 15.5. The first-order valence-electron chi connectivity index (χ1n) is 12.3. The fourth-order valence-corrected chi connectivity index (χ4v) is 7.39. The van der Waals surface area contributed by atoms with Crippen LogP contribution in [0.2, 0.25) is 0 Å². The Morgan fingerprint density at radius 1 is 1.15 bits per heavy atom. The number of benzene rings is 2. The van der Waals surface area contributed by atoms with Gasteiger partial charge < -0.3 is 4.74 Å². The average molecular weight is 608 g/mol. The van der Waals surface area contributed by atoms with Crippen molar-refractivity contribution in [1.29, 1.82) is 0 Å². The molecular weight excluding hydrogens is 585 g/mol. The molecule has 2 unspecified atom stereocenters. The highest BCUT2D eigenvalue weighted by Gasteiger charge is 2.40. The number of fused-ring (bicyclic) bond motifs is 1. The van der Waals surface area contributed by atoms with E-state index in [1.165, 1.54) is 48.1 Å². The van der Waals surface area contributed by atoms with Crippen molar-refractivity contribution in [3.05, 3.63) is 102 Å². The summed E-state index contributed by atoms with van der Waals surface area (Å²) in [5.41, 5.74) is -2.27. The van der Waals surface area contributed by atoms with Gasteiger partial charge in [0.2, 0.25) is 0 Å². The van der Waals surface area contributed by atoms with Crippen LogP contribution in [0.1, 0.15) is 44.2 Å². The van der Waals surface area contributed by atoms with Crippen molar-refractivity contribution >= 4 is 23.1 Å². The minimum atomic E-state index is -4.84. The normalized spacial score (nSPS) is 15.6. The smallest absolute Gasteiger partial charge is 0.416 e. The molecular formula is C28H22F5N3O3S2. The van der Waals surface area contributed by atoms with Crippen molar-refractivity contribution < 1.29 is 26.7 Å². The van der Waals surface area contributed by atoms with E-state index in [1.807, 2.05) is 0 Å². The molecule has 1 aliphatic heterocycles. The maximum Gasteiger partial charge on any atom is 0.416 e. The summed E-state index contributed by atoms with van der Waals surface area (Å²) in [6.45, 7) is 3.29. The fourth-order valence-electron chi connectivity index (χ4n) is 5.12. The van der Waals surface area contributed by atoms with E-state index in [9.17, 15) is 27.3 Å². The SMILES string of the molecule is COc1cccc(-c2c(C)c(Cc3c(F)cccc3C(F)(F)F)c3n(c2=O)C(C(N=O)c2ncc(C)s2)CS3)c1F. The summed E-state index contributed by atoms with van der Waals surface area (Å²) in [5, 5.41) is 3.89. The zero-order valence-corrected chi connectivity index (χ0v) is 23.5. The highest BCUT2D eigenvalue weighted by atomic mass is 32.2. The van der Waals surface area contributed by atoms with Gasteiger partial charge in [0.25, 0.3) is 5.56 Å². The van der Waals surface area contributed by atoms with Crippen LogP contribution >= 0.6 is 23.1 Å². The molecule has 2 atom stereocenters. The van der Waals surface area contributed by atoms with Crippen molar-refractivity contribution in [3.8, 4) is 16.9 Å². The zero-order chi connectivity index (χ0) is 29.6. The number of nitrogens with zero attached hydrogens (tertiary/aromatic N) is 3. The van der Waals surface area contributed by atoms with E-state index in [-0.39, 0.29) is 38.8 Å². The molecule has 2 aromatic carbocycles. The molecule has 0 saturated carbocycles. The Hall–Kier alpha value is -3.58. The third-order valence-electron chi connectivity index (χ3n) is 7.06. The van der Waals surface area contributed by atoms with Gasteiger partial charge in [-0.25, -0.2) is 13.8 Å². The summed E-state index contributed by atoms with van der Waals surface area (Å²) in [6, 6.07) is 4.96. The molecule has 0 saturated heterocycles. The second-order valence-corrected chi connectivity index (χ2v) is 11.7. The molecule has 0 bridgehead atoms. The maximum absolute atomic E-state index is 15.5. The Morgan fingerprint density at radius 2 is 1.88 bits per heavy atom. The lowest BCUT2D eigenvalue weighted by Gasteiger charge is -2.23. The van der Waals surface area contributed by atoms with E-state index in [1.54, 1.807) is 13.1 Å². The van der Waals surface area contributed by atoms with Crippen molar-refractivity contribution in [2.45, 2.75) is 43.6 Å². The largest absolute Gasteiger partial charge is 0.494 e. The lowest BCUT2D eigenvalue weighted by Crippen LogP contribution is -2.30. The number of pyridine rings is 1. The number of thiazole rings is 1. The molecule has 0 fully saturated rings. The summed E-state index contributed by atoms with van der Waals surface area (Å²) in [6.07, 6.45) is -3.80. The summed E-state index contributed by atoms with van der Waals surface area (Å²) in [4.78, 5) is 31.3. The molecule has 6 nitrogen and oxygen atoms in total. The minimum absolute atomic E-state index is 0.127.